The largest absolute Gasteiger partial charge is 0.479 e. The van der Waals surface area contributed by atoms with Gasteiger partial charge in [-0.1, -0.05) is 29.8 Å². The average molecular weight is 330 g/mol. The lowest BCUT2D eigenvalue weighted by Gasteiger charge is -2.17. The van der Waals surface area contributed by atoms with Crippen molar-refractivity contribution >= 4 is 21.9 Å². The number of aliphatic carboxylic acids is 1. The number of carboxylic acids is 1. The van der Waals surface area contributed by atoms with Crippen molar-refractivity contribution in [2.45, 2.75) is 39.3 Å². The summed E-state index contributed by atoms with van der Waals surface area (Å²) in [6, 6.07) is 5.61. The minimum Gasteiger partial charge on any atom is -0.479 e. The van der Waals surface area contributed by atoms with Crippen molar-refractivity contribution in [2.24, 2.45) is 0 Å². The Kier molecular flexibility index (Phi) is 6.87. The molecule has 1 atom stereocenters. The predicted octanol–water partition coefficient (Wildman–Crippen LogP) is 3.19. The van der Waals surface area contributed by atoms with Crippen molar-refractivity contribution in [2.75, 3.05) is 6.54 Å². The van der Waals surface area contributed by atoms with Crippen molar-refractivity contribution in [3.63, 3.8) is 0 Å². The van der Waals surface area contributed by atoms with Gasteiger partial charge in [0.15, 0.2) is 6.10 Å². The second kappa shape index (κ2) is 8.17. The highest BCUT2D eigenvalue weighted by atomic mass is 79.9. The summed E-state index contributed by atoms with van der Waals surface area (Å²) in [7, 11) is 0. The zero-order valence-corrected chi connectivity index (χ0v) is 12.9. The van der Waals surface area contributed by atoms with Crippen molar-refractivity contribution in [3.05, 3.63) is 28.2 Å². The maximum Gasteiger partial charge on any atom is 0.344 e. The molecule has 0 amide bonds. The molecule has 1 aromatic carbocycles. The second-order valence-corrected chi connectivity index (χ2v) is 5.20. The first-order chi connectivity index (χ1) is 9.08. The van der Waals surface area contributed by atoms with Gasteiger partial charge in [0, 0.05) is 16.6 Å². The normalized spacial score (nSPS) is 12.2. The van der Waals surface area contributed by atoms with Crippen LogP contribution in [0.2, 0.25) is 0 Å². The summed E-state index contributed by atoms with van der Waals surface area (Å²) in [5, 5.41) is 12.3. The van der Waals surface area contributed by atoms with Crippen LogP contribution in [0.1, 0.15) is 32.3 Å². The van der Waals surface area contributed by atoms with Crippen molar-refractivity contribution in [1.82, 2.24) is 5.32 Å². The van der Waals surface area contributed by atoms with Gasteiger partial charge in [-0.2, -0.15) is 0 Å². The van der Waals surface area contributed by atoms with E-state index in [1.54, 1.807) is 13.0 Å². The van der Waals surface area contributed by atoms with E-state index < -0.39 is 12.1 Å². The molecular formula is C14H20BrNO3. The third-order valence-corrected chi connectivity index (χ3v) is 3.17. The number of hydrogen-bond donors (Lipinski definition) is 2. The Morgan fingerprint density at radius 2 is 2.21 bits per heavy atom. The van der Waals surface area contributed by atoms with Crippen LogP contribution < -0.4 is 10.1 Å². The summed E-state index contributed by atoms with van der Waals surface area (Å²) in [5.41, 5.74) is 0.961. The molecule has 0 saturated heterocycles. The average Bonchev–Trinajstić information content (AvgIpc) is 2.37. The molecule has 0 heterocycles. The standard InChI is InChI=1S/C14H20BrNO3/c1-3-7-16-9-10-8-11(15)5-6-13(10)19-12(4-2)14(17)18/h5-6,8,12,16H,3-4,7,9H2,1-2H3,(H,17,18). The van der Waals surface area contributed by atoms with Crippen LogP contribution in [0.5, 0.6) is 5.75 Å². The van der Waals surface area contributed by atoms with E-state index >= 15 is 0 Å². The number of rotatable bonds is 8. The first kappa shape index (κ1) is 16.0. The summed E-state index contributed by atoms with van der Waals surface area (Å²) < 4.78 is 6.54. The smallest absolute Gasteiger partial charge is 0.344 e. The number of benzene rings is 1. The SMILES string of the molecule is CCCNCc1cc(Br)ccc1OC(CC)C(=O)O. The van der Waals surface area contributed by atoms with Gasteiger partial charge >= 0.3 is 5.97 Å². The fourth-order valence-electron chi connectivity index (χ4n) is 1.66. The van der Waals surface area contributed by atoms with Gasteiger partial charge < -0.3 is 15.2 Å². The van der Waals surface area contributed by atoms with E-state index in [9.17, 15) is 4.79 Å². The quantitative estimate of drug-likeness (QED) is 0.719. The minimum atomic E-state index is -0.933. The Labute approximate surface area is 122 Å². The van der Waals surface area contributed by atoms with Crippen molar-refractivity contribution in [1.29, 1.82) is 0 Å². The molecular weight excluding hydrogens is 310 g/mol. The highest BCUT2D eigenvalue weighted by molar-refractivity contribution is 9.10. The molecule has 106 valence electrons. The number of carboxylic acid groups (broad SMARTS) is 1. The molecule has 0 aliphatic carbocycles. The molecule has 0 aliphatic rings. The van der Waals surface area contributed by atoms with Crippen molar-refractivity contribution < 1.29 is 14.6 Å². The summed E-state index contributed by atoms with van der Waals surface area (Å²) in [5.74, 6) is -0.307. The van der Waals surface area contributed by atoms with Crippen LogP contribution in [-0.4, -0.2) is 23.7 Å². The van der Waals surface area contributed by atoms with Crippen LogP contribution in [-0.2, 0) is 11.3 Å². The number of halogens is 1. The Bertz CT molecular complexity index is 423. The highest BCUT2D eigenvalue weighted by Crippen LogP contribution is 2.24. The highest BCUT2D eigenvalue weighted by Gasteiger charge is 2.18. The summed E-state index contributed by atoms with van der Waals surface area (Å²) in [4.78, 5) is 11.0. The third kappa shape index (κ3) is 5.20. The lowest BCUT2D eigenvalue weighted by atomic mass is 10.2. The molecule has 0 spiro atoms. The lowest BCUT2D eigenvalue weighted by Crippen LogP contribution is -2.26. The van der Waals surface area contributed by atoms with E-state index in [1.807, 2.05) is 12.1 Å². The van der Waals surface area contributed by atoms with Crippen LogP contribution in [0.4, 0.5) is 0 Å². The first-order valence-electron chi connectivity index (χ1n) is 6.47. The van der Waals surface area contributed by atoms with E-state index in [1.165, 1.54) is 0 Å². The van der Waals surface area contributed by atoms with Gasteiger partial charge in [0.2, 0.25) is 0 Å². The molecule has 1 aromatic rings. The Morgan fingerprint density at radius 3 is 2.79 bits per heavy atom. The van der Waals surface area contributed by atoms with Crippen LogP contribution in [0.25, 0.3) is 0 Å². The van der Waals surface area contributed by atoms with E-state index in [0.29, 0.717) is 18.7 Å². The maximum atomic E-state index is 11.0. The molecule has 0 aromatic heterocycles. The van der Waals surface area contributed by atoms with Gasteiger partial charge in [0.1, 0.15) is 5.75 Å². The van der Waals surface area contributed by atoms with E-state index in [4.69, 9.17) is 9.84 Å². The molecule has 0 bridgehead atoms. The first-order valence-corrected chi connectivity index (χ1v) is 7.26. The van der Waals surface area contributed by atoms with E-state index in [-0.39, 0.29) is 0 Å². The fraction of sp³-hybridized carbons (Fsp3) is 0.500. The topological polar surface area (TPSA) is 58.6 Å². The molecule has 1 unspecified atom stereocenters. The number of ether oxygens (including phenoxy) is 1. The van der Waals surface area contributed by atoms with E-state index in [2.05, 4.69) is 28.2 Å². The fourth-order valence-corrected chi connectivity index (χ4v) is 2.07. The summed E-state index contributed by atoms with van der Waals surface area (Å²) in [6.45, 7) is 5.48. The van der Waals surface area contributed by atoms with Crippen molar-refractivity contribution in [3.8, 4) is 5.75 Å². The summed E-state index contributed by atoms with van der Waals surface area (Å²) >= 11 is 3.42. The predicted molar refractivity (Wildman–Crippen MR) is 78.5 cm³/mol. The van der Waals surface area contributed by atoms with Gasteiger partial charge in [0.05, 0.1) is 0 Å². The number of nitrogens with one attached hydrogen (secondary N) is 1. The van der Waals surface area contributed by atoms with Crippen LogP contribution in [0, 0.1) is 0 Å². The van der Waals surface area contributed by atoms with Crippen LogP contribution >= 0.6 is 15.9 Å². The molecule has 0 radical (unpaired) electrons. The number of carbonyl (C=O) groups is 1. The maximum absolute atomic E-state index is 11.0. The summed E-state index contributed by atoms with van der Waals surface area (Å²) in [6.07, 6.45) is 0.690. The Hall–Kier alpha value is -1.07. The van der Waals surface area contributed by atoms with Gasteiger partial charge in [-0.15, -0.1) is 0 Å². The molecule has 2 N–H and O–H groups in total. The van der Waals surface area contributed by atoms with Gasteiger partial charge in [0.25, 0.3) is 0 Å². The monoisotopic (exact) mass is 329 g/mol. The third-order valence-electron chi connectivity index (χ3n) is 2.68. The van der Waals surface area contributed by atoms with E-state index in [0.717, 1.165) is 23.0 Å². The zero-order chi connectivity index (χ0) is 14.3. The van der Waals surface area contributed by atoms with Gasteiger partial charge in [-0.3, -0.25) is 0 Å². The molecule has 1 rings (SSSR count). The lowest BCUT2D eigenvalue weighted by molar-refractivity contribution is -0.145. The second-order valence-electron chi connectivity index (χ2n) is 4.28. The van der Waals surface area contributed by atoms with Crippen LogP contribution in [0.15, 0.2) is 22.7 Å². The van der Waals surface area contributed by atoms with Crippen LogP contribution in [0.3, 0.4) is 0 Å². The number of hydrogen-bond acceptors (Lipinski definition) is 3. The van der Waals surface area contributed by atoms with Gasteiger partial charge in [-0.05, 0) is 37.6 Å². The molecule has 0 fully saturated rings. The Balaban J connectivity index is 2.83. The minimum absolute atomic E-state index is 0.438. The van der Waals surface area contributed by atoms with Gasteiger partial charge in [-0.25, -0.2) is 4.79 Å². The zero-order valence-electron chi connectivity index (χ0n) is 11.3. The molecule has 5 heteroatoms. The molecule has 4 nitrogen and oxygen atoms in total. The molecule has 0 saturated carbocycles. The Morgan fingerprint density at radius 1 is 1.47 bits per heavy atom. The molecule has 19 heavy (non-hydrogen) atoms. The molecule has 0 aliphatic heterocycles.